The van der Waals surface area contributed by atoms with Crippen LogP contribution in [0.4, 0.5) is 0 Å². The van der Waals surface area contributed by atoms with Gasteiger partial charge >= 0.3 is 17.9 Å². The third-order valence-corrected chi connectivity index (χ3v) is 13.6. The normalized spacial score (nSPS) is 15.9. The van der Waals surface area contributed by atoms with Gasteiger partial charge in [0.1, 0.15) is 31.5 Å². The van der Waals surface area contributed by atoms with Crippen LogP contribution in [0.2, 0.25) is 0 Å². The number of esters is 3. The van der Waals surface area contributed by atoms with Gasteiger partial charge in [0.15, 0.2) is 12.1 Å². The second-order valence-corrected chi connectivity index (χ2v) is 21.5. The van der Waals surface area contributed by atoms with Gasteiger partial charge in [0.05, 0.1) is 52.3 Å². The molecule has 1 unspecified atom stereocenters. The molecule has 0 aromatic heterocycles. The van der Waals surface area contributed by atoms with Crippen LogP contribution in [-0.2, 0) is 66.6 Å². The Morgan fingerprint density at radius 1 is 0.605 bits per heavy atom. The van der Waals surface area contributed by atoms with Crippen molar-refractivity contribution in [2.75, 3.05) is 79.5 Å². The van der Waals surface area contributed by atoms with Gasteiger partial charge in [-0.15, -0.1) is 0 Å². The average molecular weight is 1150 g/mol. The van der Waals surface area contributed by atoms with Crippen LogP contribution >= 0.6 is 0 Å². The van der Waals surface area contributed by atoms with E-state index in [1.165, 1.54) is 143 Å². The van der Waals surface area contributed by atoms with E-state index < -0.39 is 54.1 Å². The van der Waals surface area contributed by atoms with Crippen LogP contribution in [0.5, 0.6) is 0 Å². The van der Waals surface area contributed by atoms with Crippen molar-refractivity contribution in [2.45, 2.75) is 252 Å². The Bertz CT molecular complexity index is 1680. The van der Waals surface area contributed by atoms with E-state index in [1.54, 1.807) is 6.92 Å². The number of rotatable bonds is 54. The summed E-state index contributed by atoms with van der Waals surface area (Å²) in [6.07, 6.45) is 46.3. The van der Waals surface area contributed by atoms with Crippen molar-refractivity contribution >= 4 is 29.7 Å². The van der Waals surface area contributed by atoms with Crippen molar-refractivity contribution < 1.29 is 66.6 Å². The summed E-state index contributed by atoms with van der Waals surface area (Å²) < 4.78 is 52.3. The number of unbranched alkanes of at least 4 members (excludes halogenated alkanes) is 18. The van der Waals surface area contributed by atoms with Gasteiger partial charge in [-0.25, -0.2) is 0 Å². The Kier molecular flexibility index (Phi) is 47.9. The minimum Gasteiger partial charge on any atom is -0.463 e. The Labute approximate surface area is 490 Å². The van der Waals surface area contributed by atoms with Crippen molar-refractivity contribution in [3.8, 4) is 0 Å². The van der Waals surface area contributed by atoms with Gasteiger partial charge in [-0.3, -0.25) is 28.9 Å². The first-order valence-corrected chi connectivity index (χ1v) is 31.2. The molecule has 17 nitrogen and oxygen atoms in total. The number of carbonyl (C=O) groups excluding carboxylic acids is 5. The van der Waals surface area contributed by atoms with Crippen molar-refractivity contribution in [3.63, 3.8) is 0 Å². The van der Waals surface area contributed by atoms with Gasteiger partial charge in [-0.1, -0.05) is 140 Å². The Morgan fingerprint density at radius 3 is 1.59 bits per heavy atom. The number of ether oxygens (including phenoxy) is 9. The van der Waals surface area contributed by atoms with Crippen LogP contribution in [0, 0.1) is 0 Å². The number of amides is 2. The minimum atomic E-state index is -1.23. The molecule has 0 aliphatic carbocycles. The highest BCUT2D eigenvalue weighted by Crippen LogP contribution is 2.35. The molecule has 0 aromatic carbocycles. The monoisotopic (exact) mass is 1150 g/mol. The predicted molar refractivity (Wildman–Crippen MR) is 320 cm³/mol. The maximum absolute atomic E-state index is 12.9. The quantitative estimate of drug-likeness (QED) is 0.0192. The summed E-state index contributed by atoms with van der Waals surface area (Å²) in [5.41, 5.74) is 0. The molecular weight excluding hydrogens is 1030 g/mol. The van der Waals surface area contributed by atoms with Crippen LogP contribution in [0.15, 0.2) is 48.6 Å². The second kappa shape index (κ2) is 51.7. The van der Waals surface area contributed by atoms with Crippen molar-refractivity contribution in [1.29, 1.82) is 0 Å². The van der Waals surface area contributed by atoms with Gasteiger partial charge in [-0.2, -0.15) is 0 Å². The van der Waals surface area contributed by atoms with Crippen molar-refractivity contribution in [1.82, 2.24) is 15.5 Å². The standard InChI is InChI=1S/C64H113N3O14/c1-9-11-13-15-17-19-21-23-25-27-29-31-33-35-37-39-41-64(42-40-38-36-34-32-30-28-26-24-22-20-18-16-14-12-10-2)78-51-59(81-64)49-67(8)50-62(72)65-43-44-73-45-46-74-47-48-75-63(60(66-55(4)68)52-76-56(5)69)80-61(53-77-57(6)70)54(3)79-58(7)71/h17-20,23-26,54,59-61,63H,9-16,21-22,27-53H2,1-8H3,(H,65,72)(H,66,68)/b19-17-,20-18-,25-23-,26-24-/t54-,59+,60+,61?,63-/m1/s1. The van der Waals surface area contributed by atoms with E-state index >= 15 is 0 Å². The van der Waals surface area contributed by atoms with Crippen LogP contribution in [0.25, 0.3) is 0 Å². The average Bonchev–Trinajstić information content (AvgIpc) is 3.89. The van der Waals surface area contributed by atoms with E-state index in [-0.39, 0.29) is 64.8 Å². The molecule has 0 aromatic rings. The zero-order valence-corrected chi connectivity index (χ0v) is 51.8. The lowest BCUT2D eigenvalue weighted by atomic mass is 9.98. The summed E-state index contributed by atoms with van der Waals surface area (Å²) >= 11 is 0. The maximum Gasteiger partial charge on any atom is 0.302 e. The van der Waals surface area contributed by atoms with Gasteiger partial charge in [-0.05, 0) is 91.0 Å². The number of allylic oxidation sites excluding steroid dienone is 8. The molecule has 81 heavy (non-hydrogen) atoms. The third-order valence-electron chi connectivity index (χ3n) is 13.6. The fourth-order valence-electron chi connectivity index (χ4n) is 9.28. The lowest BCUT2D eigenvalue weighted by Gasteiger charge is -2.32. The first kappa shape index (κ1) is 75.0. The number of hydrogen-bond donors (Lipinski definition) is 2. The first-order valence-electron chi connectivity index (χ1n) is 31.2. The molecule has 0 spiro atoms. The summed E-state index contributed by atoms with van der Waals surface area (Å²) in [6.45, 7) is 13.0. The second-order valence-electron chi connectivity index (χ2n) is 21.5. The summed E-state index contributed by atoms with van der Waals surface area (Å²) in [4.78, 5) is 62.0. The number of nitrogens with one attached hydrogen (secondary N) is 2. The van der Waals surface area contributed by atoms with E-state index in [1.807, 2.05) is 11.9 Å². The highest BCUT2D eigenvalue weighted by molar-refractivity contribution is 5.78. The molecule has 468 valence electrons. The molecule has 5 atom stereocenters. The molecule has 1 fully saturated rings. The summed E-state index contributed by atoms with van der Waals surface area (Å²) in [6, 6.07) is -0.972. The van der Waals surface area contributed by atoms with Crippen LogP contribution in [0.3, 0.4) is 0 Å². The molecular formula is C64H113N3O14. The minimum absolute atomic E-state index is 0.0147. The highest BCUT2D eigenvalue weighted by atomic mass is 16.7. The van der Waals surface area contributed by atoms with Crippen LogP contribution in [-0.4, -0.2) is 151 Å². The lowest BCUT2D eigenvalue weighted by molar-refractivity contribution is -0.226. The van der Waals surface area contributed by atoms with Crippen LogP contribution in [0.1, 0.15) is 215 Å². The summed E-state index contributed by atoms with van der Waals surface area (Å²) in [5, 5.41) is 5.59. The summed E-state index contributed by atoms with van der Waals surface area (Å²) in [7, 11) is 1.94. The molecule has 0 saturated carbocycles. The lowest BCUT2D eigenvalue weighted by Crippen LogP contribution is -2.51. The SMILES string of the molecule is CCCCC/C=C\C/C=C\CCCCCCCCC1(CCCCCCCC/C=C\C/C=C\CCCCC)OC[C@H](CN(C)CC(=O)NCCOCCOCCO[C@H](OC(COC(C)=O)[C@@H](C)OC(C)=O)[C@H](COC(C)=O)NC(C)=O)O1. The fraction of sp³-hybridized carbons (Fsp3) is 0.797. The Balaban J connectivity index is 2.56. The smallest absolute Gasteiger partial charge is 0.302 e. The molecule has 1 aliphatic rings. The molecule has 17 heteroatoms. The number of likely N-dealkylation sites (N-methyl/N-ethyl adjacent to an activating group) is 1. The van der Waals surface area contributed by atoms with Crippen molar-refractivity contribution in [2.24, 2.45) is 0 Å². The van der Waals surface area contributed by atoms with Gasteiger partial charge in [0, 0.05) is 53.6 Å². The number of hydrogen-bond acceptors (Lipinski definition) is 15. The predicted octanol–water partition coefficient (Wildman–Crippen LogP) is 11.9. The zero-order valence-electron chi connectivity index (χ0n) is 51.8. The molecule has 2 amide bonds. The molecule has 0 radical (unpaired) electrons. The highest BCUT2D eigenvalue weighted by Gasteiger charge is 2.41. The molecule has 1 heterocycles. The molecule has 1 saturated heterocycles. The molecule has 1 aliphatic heterocycles. The van der Waals surface area contributed by atoms with E-state index in [0.717, 1.165) is 51.4 Å². The molecule has 2 N–H and O–H groups in total. The summed E-state index contributed by atoms with van der Waals surface area (Å²) in [5.74, 6) is -2.86. The van der Waals surface area contributed by atoms with Crippen molar-refractivity contribution in [3.05, 3.63) is 48.6 Å². The number of carbonyl (C=O) groups is 5. The number of nitrogens with zero attached hydrogens (tertiary/aromatic N) is 1. The van der Waals surface area contributed by atoms with E-state index in [4.69, 9.17) is 42.6 Å². The Morgan fingerprint density at radius 2 is 1.09 bits per heavy atom. The Hall–Kier alpha value is -3.97. The largest absolute Gasteiger partial charge is 0.463 e. The maximum atomic E-state index is 12.9. The van der Waals surface area contributed by atoms with Crippen LogP contribution < -0.4 is 10.6 Å². The van der Waals surface area contributed by atoms with E-state index in [2.05, 4.69) is 73.1 Å². The van der Waals surface area contributed by atoms with Gasteiger partial charge in [0.2, 0.25) is 11.8 Å². The van der Waals surface area contributed by atoms with E-state index in [9.17, 15) is 24.0 Å². The molecule has 1 rings (SSSR count). The molecule has 0 bridgehead atoms. The zero-order chi connectivity index (χ0) is 59.4. The topological polar surface area (TPSA) is 196 Å². The van der Waals surface area contributed by atoms with Gasteiger partial charge in [0.25, 0.3) is 0 Å². The third kappa shape index (κ3) is 45.2. The van der Waals surface area contributed by atoms with Gasteiger partial charge < -0.3 is 53.3 Å². The fourth-order valence-corrected chi connectivity index (χ4v) is 9.28. The van der Waals surface area contributed by atoms with E-state index in [0.29, 0.717) is 19.7 Å². The first-order chi connectivity index (χ1) is 39.2.